The van der Waals surface area contributed by atoms with Crippen molar-refractivity contribution in [3.63, 3.8) is 0 Å². The summed E-state index contributed by atoms with van der Waals surface area (Å²) in [7, 11) is 0. The van der Waals surface area contributed by atoms with Crippen LogP contribution in [0.2, 0.25) is 0 Å². The van der Waals surface area contributed by atoms with Crippen molar-refractivity contribution in [2.75, 3.05) is 13.2 Å². The molecule has 0 spiro atoms. The number of hydrogen-bond donors (Lipinski definition) is 1. The van der Waals surface area contributed by atoms with Gasteiger partial charge in [0.2, 0.25) is 0 Å². The van der Waals surface area contributed by atoms with Gasteiger partial charge >= 0.3 is 12.1 Å². The molecule has 1 N–H and O–H groups in total. The van der Waals surface area contributed by atoms with Crippen molar-refractivity contribution >= 4 is 5.97 Å². The van der Waals surface area contributed by atoms with Crippen molar-refractivity contribution in [1.82, 2.24) is 4.98 Å². The molecule has 26 heavy (non-hydrogen) atoms. The van der Waals surface area contributed by atoms with Crippen LogP contribution >= 0.6 is 0 Å². The van der Waals surface area contributed by atoms with Crippen molar-refractivity contribution in [2.45, 2.75) is 77.3 Å². The van der Waals surface area contributed by atoms with E-state index in [0.29, 0.717) is 12.4 Å². The molecule has 4 nitrogen and oxygen atoms in total. The Labute approximate surface area is 153 Å². The fourth-order valence-corrected chi connectivity index (χ4v) is 2.58. The average molecular weight is 377 g/mol. The highest BCUT2D eigenvalue weighted by molar-refractivity contribution is 5.87. The van der Waals surface area contributed by atoms with Crippen LogP contribution < -0.4 is 4.74 Å². The fourth-order valence-electron chi connectivity index (χ4n) is 2.58. The number of alkyl halides is 3. The van der Waals surface area contributed by atoms with Crippen LogP contribution in [0.15, 0.2) is 12.3 Å². The number of ether oxygens (including phenoxy) is 2. The van der Waals surface area contributed by atoms with Crippen LogP contribution in [0.3, 0.4) is 0 Å². The largest absolute Gasteiger partial charge is 0.492 e. The third-order valence-electron chi connectivity index (χ3n) is 4.01. The lowest BCUT2D eigenvalue weighted by Gasteiger charge is -2.06. The normalized spacial score (nSPS) is 11.5. The lowest BCUT2D eigenvalue weighted by Crippen LogP contribution is -2.20. The quantitative estimate of drug-likeness (QED) is 0.318. The zero-order valence-corrected chi connectivity index (χ0v) is 15.5. The first kappa shape index (κ1) is 22.4. The summed E-state index contributed by atoms with van der Waals surface area (Å²) < 4.78 is 45.7. The summed E-state index contributed by atoms with van der Waals surface area (Å²) in [6, 6.07) is 1.36. The average Bonchev–Trinajstić information content (AvgIpc) is 3.06. The number of rotatable bonds is 14. The molecule has 0 atom stereocenters. The number of nitrogens with one attached hydrogen (secondary N) is 1. The molecule has 0 aliphatic rings. The Morgan fingerprint density at radius 1 is 1.00 bits per heavy atom. The minimum atomic E-state index is -4.53. The number of halogens is 3. The van der Waals surface area contributed by atoms with E-state index in [-0.39, 0.29) is 5.69 Å². The predicted octanol–water partition coefficient (Wildman–Crippen LogP) is 6.03. The van der Waals surface area contributed by atoms with Crippen molar-refractivity contribution in [1.29, 1.82) is 0 Å². The third kappa shape index (κ3) is 11.1. The number of carbonyl (C=O) groups is 1. The zero-order valence-electron chi connectivity index (χ0n) is 15.5. The van der Waals surface area contributed by atoms with Gasteiger partial charge in [-0.25, -0.2) is 4.79 Å². The van der Waals surface area contributed by atoms with Gasteiger partial charge < -0.3 is 14.5 Å². The molecule has 1 rings (SSSR count). The molecule has 0 aliphatic carbocycles. The van der Waals surface area contributed by atoms with Crippen LogP contribution in [0.5, 0.6) is 5.75 Å². The zero-order chi connectivity index (χ0) is 19.3. The Bertz CT molecular complexity index is 500. The minimum Gasteiger partial charge on any atom is -0.492 e. The van der Waals surface area contributed by atoms with E-state index in [4.69, 9.17) is 4.74 Å². The second kappa shape index (κ2) is 12.7. The monoisotopic (exact) mass is 377 g/mol. The maximum absolute atomic E-state index is 12.0. The van der Waals surface area contributed by atoms with E-state index in [1.54, 1.807) is 0 Å². The minimum absolute atomic E-state index is 0.0488. The van der Waals surface area contributed by atoms with E-state index in [9.17, 15) is 18.0 Å². The molecule has 0 fully saturated rings. The molecule has 0 aliphatic heterocycles. The molecule has 1 aromatic heterocycles. The first-order valence-corrected chi connectivity index (χ1v) is 9.47. The Morgan fingerprint density at radius 2 is 1.58 bits per heavy atom. The van der Waals surface area contributed by atoms with Gasteiger partial charge in [-0.15, -0.1) is 0 Å². The predicted molar refractivity (Wildman–Crippen MR) is 94.5 cm³/mol. The van der Waals surface area contributed by atoms with E-state index in [1.807, 2.05) is 0 Å². The molecular formula is C19H30F3NO3. The van der Waals surface area contributed by atoms with E-state index in [2.05, 4.69) is 16.6 Å². The molecule has 0 unspecified atom stereocenters. The van der Waals surface area contributed by atoms with Gasteiger partial charge in [-0.3, -0.25) is 0 Å². The number of unbranched alkanes of at least 4 members (excludes halogenated alkanes) is 9. The smallest absolute Gasteiger partial charge is 0.422 e. The number of aromatic amines is 1. The van der Waals surface area contributed by atoms with Crippen LogP contribution in [0.4, 0.5) is 13.2 Å². The maximum Gasteiger partial charge on any atom is 0.422 e. The van der Waals surface area contributed by atoms with Gasteiger partial charge in [-0.2, -0.15) is 13.2 Å². The molecule has 0 saturated heterocycles. The Kier molecular flexibility index (Phi) is 10.9. The second-order valence-corrected chi connectivity index (χ2v) is 6.47. The Hall–Kier alpha value is -1.66. The summed E-state index contributed by atoms with van der Waals surface area (Å²) in [5.74, 6) is -0.615. The van der Waals surface area contributed by atoms with E-state index in [1.165, 1.54) is 63.6 Å². The highest BCUT2D eigenvalue weighted by Gasteiger charge is 2.30. The highest BCUT2D eigenvalue weighted by atomic mass is 19.4. The van der Waals surface area contributed by atoms with Crippen molar-refractivity contribution in [3.8, 4) is 5.75 Å². The van der Waals surface area contributed by atoms with Crippen molar-refractivity contribution in [2.24, 2.45) is 0 Å². The number of esters is 1. The molecule has 150 valence electrons. The highest BCUT2D eigenvalue weighted by Crippen LogP contribution is 2.18. The molecule has 0 aromatic carbocycles. The van der Waals surface area contributed by atoms with Crippen LogP contribution in [-0.4, -0.2) is 30.3 Å². The summed E-state index contributed by atoms with van der Waals surface area (Å²) in [4.78, 5) is 14.0. The molecule has 7 heteroatoms. The molecule has 1 heterocycles. The SMILES string of the molecule is CCCCCCCCCCCCOc1c[nH]c(C(=O)OCC(F)(F)F)c1. The molecule has 0 radical (unpaired) electrons. The van der Waals surface area contributed by atoms with E-state index in [0.717, 1.165) is 12.8 Å². The summed E-state index contributed by atoms with van der Waals surface area (Å²) in [6.45, 7) is 1.14. The Balaban J connectivity index is 2.05. The molecular weight excluding hydrogens is 347 g/mol. The summed E-state index contributed by atoms with van der Waals surface area (Å²) in [5, 5.41) is 0. The van der Waals surface area contributed by atoms with Gasteiger partial charge in [0, 0.05) is 12.3 Å². The summed E-state index contributed by atoms with van der Waals surface area (Å²) in [5.41, 5.74) is -0.0488. The third-order valence-corrected chi connectivity index (χ3v) is 4.01. The summed E-state index contributed by atoms with van der Waals surface area (Å²) in [6.07, 6.45) is 9.20. The maximum atomic E-state index is 12.0. The molecule has 0 amide bonds. The van der Waals surface area contributed by atoms with E-state index >= 15 is 0 Å². The van der Waals surface area contributed by atoms with Crippen LogP contribution in [0.1, 0.15) is 81.6 Å². The summed E-state index contributed by atoms with van der Waals surface area (Å²) >= 11 is 0. The van der Waals surface area contributed by atoms with Crippen LogP contribution in [-0.2, 0) is 4.74 Å². The lowest BCUT2D eigenvalue weighted by atomic mass is 10.1. The van der Waals surface area contributed by atoms with Crippen LogP contribution in [0.25, 0.3) is 0 Å². The lowest BCUT2D eigenvalue weighted by molar-refractivity contribution is -0.161. The Morgan fingerprint density at radius 3 is 2.15 bits per heavy atom. The van der Waals surface area contributed by atoms with E-state index < -0.39 is 18.8 Å². The van der Waals surface area contributed by atoms with Gasteiger partial charge in [-0.1, -0.05) is 64.7 Å². The molecule has 1 aromatic rings. The number of H-pyrrole nitrogens is 1. The fraction of sp³-hybridized carbons (Fsp3) is 0.737. The van der Waals surface area contributed by atoms with Crippen LogP contribution in [0, 0.1) is 0 Å². The van der Waals surface area contributed by atoms with Gasteiger partial charge in [0.1, 0.15) is 11.4 Å². The number of hydrogen-bond acceptors (Lipinski definition) is 3. The first-order valence-electron chi connectivity index (χ1n) is 9.47. The number of carbonyl (C=O) groups excluding carboxylic acids is 1. The topological polar surface area (TPSA) is 51.3 Å². The number of aromatic nitrogens is 1. The molecule has 0 saturated carbocycles. The van der Waals surface area contributed by atoms with Gasteiger partial charge in [0.05, 0.1) is 6.61 Å². The van der Waals surface area contributed by atoms with Crippen molar-refractivity contribution in [3.05, 3.63) is 18.0 Å². The second-order valence-electron chi connectivity index (χ2n) is 6.47. The van der Waals surface area contributed by atoms with Gasteiger partial charge in [0.15, 0.2) is 6.61 Å². The van der Waals surface area contributed by atoms with Gasteiger partial charge in [0.25, 0.3) is 0 Å². The van der Waals surface area contributed by atoms with Crippen molar-refractivity contribution < 1.29 is 27.4 Å². The molecule has 0 bridgehead atoms. The first-order chi connectivity index (χ1) is 12.4. The van der Waals surface area contributed by atoms with Gasteiger partial charge in [-0.05, 0) is 6.42 Å². The standard InChI is InChI=1S/C19H30F3NO3/c1-2-3-4-5-6-7-8-9-10-11-12-25-16-13-17(23-14-16)18(24)26-15-19(20,21)22/h13-14,23H,2-12,15H2,1H3.